The minimum Gasteiger partial charge on any atom is -0.394 e. The fourth-order valence-corrected chi connectivity index (χ4v) is 2.01. The van der Waals surface area contributed by atoms with Crippen molar-refractivity contribution in [2.45, 2.75) is 30.7 Å². The first-order valence-electron chi connectivity index (χ1n) is 6.26. The van der Waals surface area contributed by atoms with Crippen LogP contribution in [0.25, 0.3) is 0 Å². The summed E-state index contributed by atoms with van der Waals surface area (Å²) in [5.41, 5.74) is 0.464. The summed E-state index contributed by atoms with van der Waals surface area (Å²) in [4.78, 5) is 4.90. The molecule has 0 unspecified atom stereocenters. The average molecular weight is 348 g/mol. The number of halogens is 2. The Balaban J connectivity index is 2.35. The van der Waals surface area contributed by atoms with Crippen LogP contribution in [0.4, 0.5) is 0 Å². The van der Waals surface area contributed by atoms with Gasteiger partial charge in [-0.05, 0) is 0 Å². The molecular weight excluding hydrogens is 329 g/mol. The Morgan fingerprint density at radius 1 is 1.05 bits per heavy atom. The van der Waals surface area contributed by atoms with E-state index in [-0.39, 0.29) is 25.0 Å². The lowest BCUT2D eigenvalue weighted by Gasteiger charge is -2.39. The number of aliphatic hydroxyl groups excluding tert-OH is 4. The summed E-state index contributed by atoms with van der Waals surface area (Å²) in [5, 5.41) is 41.5. The van der Waals surface area contributed by atoms with E-state index in [1.807, 2.05) is 0 Å². The van der Waals surface area contributed by atoms with Crippen molar-refractivity contribution < 1.29 is 34.7 Å². The first kappa shape index (κ1) is 18.9. The standard InChI is InChI=1S/C11H19Cl2NO7/c12-3-6(4-13)14-20-2-1-19-11-10(18)9(17)8(16)7(5-15)21-11/h7-11,15-18H,1-5H2/t7-,8-,9+,10+,11+/m1/s1. The predicted molar refractivity (Wildman–Crippen MR) is 74.5 cm³/mol. The number of nitrogens with zero attached hydrogens (tertiary/aromatic N) is 1. The lowest BCUT2D eigenvalue weighted by molar-refractivity contribution is -0.302. The molecule has 4 N–H and O–H groups in total. The van der Waals surface area contributed by atoms with Crippen molar-refractivity contribution in [2.24, 2.45) is 5.16 Å². The number of ether oxygens (including phenoxy) is 2. The minimum atomic E-state index is -1.47. The average Bonchev–Trinajstić information content (AvgIpc) is 2.50. The quantitative estimate of drug-likeness (QED) is 0.185. The maximum Gasteiger partial charge on any atom is 0.186 e. The van der Waals surface area contributed by atoms with Gasteiger partial charge in [0.2, 0.25) is 0 Å². The molecule has 8 nitrogen and oxygen atoms in total. The first-order chi connectivity index (χ1) is 10.0. The van der Waals surface area contributed by atoms with Gasteiger partial charge >= 0.3 is 0 Å². The van der Waals surface area contributed by atoms with Gasteiger partial charge in [-0.25, -0.2) is 0 Å². The lowest BCUT2D eigenvalue weighted by atomic mass is 9.99. The van der Waals surface area contributed by atoms with Crippen molar-refractivity contribution in [3.63, 3.8) is 0 Å². The molecule has 1 heterocycles. The maximum absolute atomic E-state index is 9.70. The predicted octanol–water partition coefficient (Wildman–Crippen LogP) is -1.35. The van der Waals surface area contributed by atoms with Crippen LogP contribution in [-0.2, 0) is 14.3 Å². The second kappa shape index (κ2) is 9.75. The van der Waals surface area contributed by atoms with Crippen molar-refractivity contribution in [1.82, 2.24) is 0 Å². The summed E-state index contributed by atoms with van der Waals surface area (Å²) in [7, 11) is 0. The number of hydrogen-bond acceptors (Lipinski definition) is 8. The molecule has 0 saturated carbocycles. The van der Waals surface area contributed by atoms with Gasteiger partial charge < -0.3 is 34.7 Å². The third-order valence-corrected chi connectivity index (χ3v) is 3.42. The molecule has 0 spiro atoms. The normalized spacial score (nSPS) is 32.8. The molecule has 1 aliphatic rings. The second-order valence-corrected chi connectivity index (χ2v) is 4.86. The van der Waals surface area contributed by atoms with Crippen LogP contribution in [0.15, 0.2) is 5.16 Å². The van der Waals surface area contributed by atoms with E-state index < -0.39 is 37.3 Å². The van der Waals surface area contributed by atoms with E-state index in [9.17, 15) is 15.3 Å². The zero-order valence-electron chi connectivity index (χ0n) is 11.1. The van der Waals surface area contributed by atoms with Crippen LogP contribution in [0.2, 0.25) is 0 Å². The van der Waals surface area contributed by atoms with Crippen molar-refractivity contribution in [3.8, 4) is 0 Å². The first-order valence-corrected chi connectivity index (χ1v) is 7.33. The van der Waals surface area contributed by atoms with E-state index in [2.05, 4.69) is 5.16 Å². The third-order valence-electron chi connectivity index (χ3n) is 2.81. The molecule has 1 fully saturated rings. The Morgan fingerprint density at radius 2 is 1.71 bits per heavy atom. The van der Waals surface area contributed by atoms with Gasteiger partial charge in [-0.3, -0.25) is 0 Å². The van der Waals surface area contributed by atoms with Crippen LogP contribution >= 0.6 is 23.2 Å². The topological polar surface area (TPSA) is 121 Å². The maximum atomic E-state index is 9.70. The van der Waals surface area contributed by atoms with E-state index in [1.54, 1.807) is 0 Å². The fraction of sp³-hybridized carbons (Fsp3) is 0.909. The van der Waals surface area contributed by atoms with Crippen LogP contribution in [0.5, 0.6) is 0 Å². The number of aliphatic hydroxyl groups is 4. The highest BCUT2D eigenvalue weighted by Gasteiger charge is 2.43. The van der Waals surface area contributed by atoms with Crippen molar-refractivity contribution >= 4 is 28.9 Å². The van der Waals surface area contributed by atoms with Crippen LogP contribution in [0, 0.1) is 0 Å². The Hall–Kier alpha value is -0.190. The number of hydrogen-bond donors (Lipinski definition) is 4. The molecule has 1 saturated heterocycles. The summed E-state index contributed by atoms with van der Waals surface area (Å²) in [5.74, 6) is 0.300. The van der Waals surface area contributed by atoms with E-state index >= 15 is 0 Å². The summed E-state index contributed by atoms with van der Waals surface area (Å²) >= 11 is 11.1. The van der Waals surface area contributed by atoms with Crippen molar-refractivity contribution in [3.05, 3.63) is 0 Å². The van der Waals surface area contributed by atoms with E-state index in [0.717, 1.165) is 0 Å². The summed E-state index contributed by atoms with van der Waals surface area (Å²) < 4.78 is 10.3. The van der Waals surface area contributed by atoms with E-state index in [4.69, 9.17) is 42.6 Å². The SMILES string of the molecule is OC[C@H]1O[C@H](OCCON=C(CCl)CCl)[C@@H](O)[C@@H](O)[C@@H]1O. The van der Waals surface area contributed by atoms with Crippen molar-refractivity contribution in [2.75, 3.05) is 31.6 Å². The van der Waals surface area contributed by atoms with Crippen LogP contribution in [0.3, 0.4) is 0 Å². The minimum absolute atomic E-state index is 0.00401. The molecule has 0 aromatic rings. The summed E-state index contributed by atoms with van der Waals surface area (Å²) in [6.45, 7) is -0.462. The van der Waals surface area contributed by atoms with E-state index in [1.165, 1.54) is 0 Å². The van der Waals surface area contributed by atoms with Crippen LogP contribution < -0.4 is 0 Å². The highest BCUT2D eigenvalue weighted by atomic mass is 35.5. The Kier molecular flexibility index (Phi) is 8.76. The van der Waals surface area contributed by atoms with Crippen molar-refractivity contribution in [1.29, 1.82) is 0 Å². The molecule has 1 aliphatic heterocycles. The molecule has 0 aliphatic carbocycles. The zero-order chi connectivity index (χ0) is 15.8. The molecule has 10 heteroatoms. The number of alkyl halides is 2. The molecule has 124 valence electrons. The Labute approximate surface area is 131 Å². The highest BCUT2D eigenvalue weighted by molar-refractivity contribution is 6.36. The van der Waals surface area contributed by atoms with Gasteiger partial charge in [0, 0.05) is 0 Å². The monoisotopic (exact) mass is 347 g/mol. The molecule has 1 rings (SSSR count). The van der Waals surface area contributed by atoms with Crippen LogP contribution in [0.1, 0.15) is 0 Å². The number of oxime groups is 1. The van der Waals surface area contributed by atoms with Gasteiger partial charge in [0.1, 0.15) is 31.0 Å². The van der Waals surface area contributed by atoms with E-state index in [0.29, 0.717) is 5.71 Å². The fourth-order valence-electron chi connectivity index (χ4n) is 1.63. The smallest absolute Gasteiger partial charge is 0.186 e. The van der Waals surface area contributed by atoms with Gasteiger partial charge in [0.25, 0.3) is 0 Å². The van der Waals surface area contributed by atoms with Crippen LogP contribution in [-0.4, -0.2) is 88.4 Å². The Bertz CT molecular complexity index is 326. The molecular formula is C11H19Cl2NO7. The molecule has 0 amide bonds. The number of rotatable bonds is 8. The summed E-state index contributed by atoms with van der Waals surface area (Å²) in [6.07, 6.45) is -6.52. The van der Waals surface area contributed by atoms with Gasteiger partial charge in [-0.1, -0.05) is 5.16 Å². The van der Waals surface area contributed by atoms with Gasteiger partial charge in [-0.15, -0.1) is 23.2 Å². The molecule has 0 aromatic heterocycles. The highest BCUT2D eigenvalue weighted by Crippen LogP contribution is 2.21. The molecule has 5 atom stereocenters. The Morgan fingerprint density at radius 3 is 2.29 bits per heavy atom. The zero-order valence-corrected chi connectivity index (χ0v) is 12.7. The van der Waals surface area contributed by atoms with Gasteiger partial charge in [0.05, 0.1) is 30.7 Å². The molecule has 0 radical (unpaired) electrons. The van der Waals surface area contributed by atoms with Gasteiger partial charge in [-0.2, -0.15) is 0 Å². The lowest BCUT2D eigenvalue weighted by Crippen LogP contribution is -2.59. The molecule has 0 bridgehead atoms. The third kappa shape index (κ3) is 5.50. The van der Waals surface area contributed by atoms with Gasteiger partial charge in [0.15, 0.2) is 6.29 Å². The second-order valence-electron chi connectivity index (χ2n) is 4.33. The molecule has 0 aromatic carbocycles. The molecule has 21 heavy (non-hydrogen) atoms. The summed E-state index contributed by atoms with van der Waals surface area (Å²) in [6, 6.07) is 0. The largest absolute Gasteiger partial charge is 0.394 e.